The molecule has 0 spiro atoms. The maximum atomic E-state index is 13.6. The van der Waals surface area contributed by atoms with E-state index >= 15 is 0 Å². The number of carbonyl (C=O) groups excluding carboxylic acids is 3. The number of ether oxygens (including phenoxy) is 4. The number of carbonyl (C=O) groups is 3. The van der Waals surface area contributed by atoms with E-state index in [9.17, 15) is 18.8 Å². The number of esters is 1. The van der Waals surface area contributed by atoms with E-state index in [1.165, 1.54) is 31.2 Å². The molecule has 2 fully saturated rings. The van der Waals surface area contributed by atoms with Gasteiger partial charge in [0.05, 0.1) is 18.3 Å². The molecule has 48 heavy (non-hydrogen) atoms. The predicted molar refractivity (Wildman–Crippen MR) is 181 cm³/mol. The van der Waals surface area contributed by atoms with Gasteiger partial charge in [0.15, 0.2) is 11.6 Å². The first-order valence-electron chi connectivity index (χ1n) is 15.6. The number of benzene rings is 3. The molecule has 2 aliphatic rings. The minimum atomic E-state index is -1.24. The highest BCUT2D eigenvalue weighted by molar-refractivity contribution is 7.16. The number of amides is 1. The molecule has 0 aliphatic carbocycles. The summed E-state index contributed by atoms with van der Waals surface area (Å²) < 4.78 is 35.6. The van der Waals surface area contributed by atoms with Crippen molar-refractivity contribution in [3.63, 3.8) is 0 Å². The monoisotopic (exact) mass is 669 g/mol. The largest absolute Gasteiger partial charge is 0.441 e. The molecule has 2 saturated heterocycles. The van der Waals surface area contributed by atoms with Crippen LogP contribution in [0.1, 0.15) is 66.7 Å². The highest BCUT2D eigenvalue weighted by Crippen LogP contribution is 2.45. The van der Waals surface area contributed by atoms with Crippen molar-refractivity contribution in [3.8, 4) is 23.7 Å². The van der Waals surface area contributed by atoms with Crippen LogP contribution in [0.3, 0.4) is 0 Å². The molecule has 248 valence electrons. The van der Waals surface area contributed by atoms with Gasteiger partial charge in [-0.3, -0.25) is 14.4 Å². The summed E-state index contributed by atoms with van der Waals surface area (Å²) in [6.45, 7) is 5.33. The van der Waals surface area contributed by atoms with E-state index in [-0.39, 0.29) is 37.4 Å². The first-order valence-corrected chi connectivity index (χ1v) is 16.4. The topological polar surface area (TPSA) is 91.4 Å². The lowest BCUT2D eigenvalue weighted by Gasteiger charge is -2.47. The fourth-order valence-electron chi connectivity index (χ4n) is 5.56. The van der Waals surface area contributed by atoms with Crippen LogP contribution in [0.25, 0.3) is 0 Å². The van der Waals surface area contributed by atoms with Gasteiger partial charge in [-0.1, -0.05) is 29.9 Å². The molecular formula is C38H37FNO7P. The third-order valence-electron chi connectivity index (χ3n) is 8.06. The zero-order valence-corrected chi connectivity index (χ0v) is 28.2. The summed E-state index contributed by atoms with van der Waals surface area (Å²) in [4.78, 5) is 40.1. The number of hydrogen-bond donors (Lipinski definition) is 0. The molecule has 0 radical (unpaired) electrons. The van der Waals surface area contributed by atoms with E-state index < -0.39 is 29.1 Å². The zero-order valence-electron chi connectivity index (χ0n) is 27.1. The highest BCUT2D eigenvalue weighted by atomic mass is 31.0. The number of ketones is 1. The molecule has 0 bridgehead atoms. The van der Waals surface area contributed by atoms with Crippen molar-refractivity contribution in [2.75, 3.05) is 31.1 Å². The molecule has 0 saturated carbocycles. The summed E-state index contributed by atoms with van der Waals surface area (Å²) in [7, 11) is 2.48. The highest BCUT2D eigenvalue weighted by Gasteiger charge is 2.48. The molecule has 1 unspecified atom stereocenters. The Labute approximate surface area is 282 Å². The third-order valence-corrected chi connectivity index (χ3v) is 8.30. The molecule has 10 heteroatoms. The molecule has 3 aromatic rings. The van der Waals surface area contributed by atoms with Crippen LogP contribution >= 0.6 is 9.24 Å². The quantitative estimate of drug-likeness (QED) is 0.0708. The third kappa shape index (κ3) is 8.55. The molecule has 1 amide bonds. The van der Waals surface area contributed by atoms with Gasteiger partial charge in [0.1, 0.15) is 25.6 Å². The maximum Gasteiger partial charge on any atom is 0.304 e. The van der Waals surface area contributed by atoms with E-state index in [1.54, 1.807) is 18.7 Å². The minimum Gasteiger partial charge on any atom is -0.441 e. The van der Waals surface area contributed by atoms with Gasteiger partial charge < -0.3 is 23.8 Å². The van der Waals surface area contributed by atoms with Gasteiger partial charge in [-0.15, -0.1) is 9.24 Å². The van der Waals surface area contributed by atoms with Crippen LogP contribution in [0.15, 0.2) is 72.8 Å². The normalized spacial score (nSPS) is 19.2. The fourth-order valence-corrected chi connectivity index (χ4v) is 5.68. The van der Waals surface area contributed by atoms with Crippen molar-refractivity contribution < 1.29 is 37.7 Å². The van der Waals surface area contributed by atoms with Crippen LogP contribution in [-0.2, 0) is 28.5 Å². The fraction of sp³-hybridized carbons (Fsp3) is 0.342. The summed E-state index contributed by atoms with van der Waals surface area (Å²) >= 11 is 0. The second-order valence-electron chi connectivity index (χ2n) is 12.0. The van der Waals surface area contributed by atoms with Gasteiger partial charge in [0.2, 0.25) is 11.5 Å². The van der Waals surface area contributed by atoms with Crippen LogP contribution in [0.5, 0.6) is 0 Å². The number of halogens is 1. The Morgan fingerprint density at radius 3 is 2.21 bits per heavy atom. The van der Waals surface area contributed by atoms with E-state index in [1.807, 2.05) is 48.5 Å². The molecule has 5 rings (SSSR count). The molecule has 3 atom stereocenters. The lowest BCUT2D eigenvalue weighted by Crippen LogP contribution is -2.55. The molecule has 0 N–H and O–H groups in total. The standard InChI is InChI=1S/C38H37FNO7P/c1-26(41)47-38(23-45-37(2,3)46-24-38)21-20-28-6-10-30(11-7-28)35-33(18-19-34(42)29-12-14-31(39)15-13-29)36(43)40(35)32-16-8-27(9-17-32)5-4-22-44-25-48/h6-17,33,35H,18-19,22-25,48H2,1-3H3/t33-,35-/m1/s1. The van der Waals surface area contributed by atoms with Crippen LogP contribution < -0.4 is 4.90 Å². The molecule has 2 heterocycles. The van der Waals surface area contributed by atoms with Crippen LogP contribution in [-0.4, -0.2) is 55.2 Å². The Morgan fingerprint density at radius 2 is 1.58 bits per heavy atom. The van der Waals surface area contributed by atoms with Crippen molar-refractivity contribution in [1.29, 1.82) is 0 Å². The Morgan fingerprint density at radius 1 is 0.958 bits per heavy atom. The summed E-state index contributed by atoms with van der Waals surface area (Å²) in [5.74, 6) is 9.73. The Bertz CT molecular complexity index is 1760. The smallest absolute Gasteiger partial charge is 0.304 e. The Hall–Kier alpha value is -4.37. The molecular weight excluding hydrogens is 632 g/mol. The van der Waals surface area contributed by atoms with Crippen LogP contribution in [0, 0.1) is 35.4 Å². The van der Waals surface area contributed by atoms with Crippen molar-refractivity contribution >= 4 is 32.6 Å². The molecule has 3 aromatic carbocycles. The second kappa shape index (κ2) is 15.2. The van der Waals surface area contributed by atoms with E-state index in [2.05, 4.69) is 32.9 Å². The van der Waals surface area contributed by atoms with Crippen molar-refractivity contribution in [3.05, 3.63) is 101 Å². The van der Waals surface area contributed by atoms with Crippen LogP contribution in [0.2, 0.25) is 0 Å². The van der Waals surface area contributed by atoms with Gasteiger partial charge in [-0.25, -0.2) is 4.39 Å². The van der Waals surface area contributed by atoms with E-state index in [0.717, 1.165) is 11.1 Å². The van der Waals surface area contributed by atoms with Crippen molar-refractivity contribution in [1.82, 2.24) is 0 Å². The van der Waals surface area contributed by atoms with Gasteiger partial charge >= 0.3 is 5.97 Å². The number of β-lactam (4-membered cyclic amide) rings is 1. The van der Waals surface area contributed by atoms with E-state index in [4.69, 9.17) is 18.9 Å². The summed E-state index contributed by atoms with van der Waals surface area (Å²) in [5.41, 5.74) is 2.22. The first-order chi connectivity index (χ1) is 23.0. The van der Waals surface area contributed by atoms with Crippen molar-refractivity contribution in [2.45, 2.75) is 51.0 Å². The van der Waals surface area contributed by atoms with Crippen molar-refractivity contribution in [2.24, 2.45) is 5.92 Å². The SMILES string of the molecule is CC(=O)OC1(C#Cc2ccc([C@@H]3[C@@H](CCC(=O)c4ccc(F)cc4)C(=O)N3c3ccc(C#CCOCP)cc3)cc2)COC(C)(C)OC1. The van der Waals surface area contributed by atoms with E-state index in [0.29, 0.717) is 36.2 Å². The number of rotatable bonds is 9. The first kappa shape index (κ1) is 35.0. The van der Waals surface area contributed by atoms with Gasteiger partial charge in [-0.2, -0.15) is 0 Å². The average molecular weight is 670 g/mol. The summed E-state index contributed by atoms with van der Waals surface area (Å²) in [6.07, 6.45) is 0.980. The van der Waals surface area contributed by atoms with Gasteiger partial charge in [0, 0.05) is 35.7 Å². The Balaban J connectivity index is 1.37. The molecule has 0 aromatic heterocycles. The average Bonchev–Trinajstić information content (AvgIpc) is 3.07. The van der Waals surface area contributed by atoms with Crippen LogP contribution in [0.4, 0.5) is 10.1 Å². The zero-order chi connectivity index (χ0) is 34.3. The lowest BCUT2D eigenvalue weighted by molar-refractivity contribution is -0.291. The second-order valence-corrected chi connectivity index (χ2v) is 12.4. The Kier molecular flexibility index (Phi) is 11.1. The van der Waals surface area contributed by atoms with Gasteiger partial charge in [-0.05, 0) is 92.4 Å². The summed E-state index contributed by atoms with van der Waals surface area (Å²) in [5, 5.41) is 0. The lowest BCUT2D eigenvalue weighted by atomic mass is 9.78. The predicted octanol–water partition coefficient (Wildman–Crippen LogP) is 5.83. The molecule has 2 aliphatic heterocycles. The molecule has 8 nitrogen and oxygen atoms in total. The number of hydrogen-bond acceptors (Lipinski definition) is 7. The summed E-state index contributed by atoms with van der Waals surface area (Å²) in [6, 6.07) is 20.0. The number of anilines is 1. The minimum absolute atomic E-state index is 0.0676. The van der Waals surface area contributed by atoms with Gasteiger partial charge in [0.25, 0.3) is 0 Å². The maximum absolute atomic E-state index is 13.6. The number of Topliss-reactive ketones (excluding diaryl/α,β-unsaturated/α-hetero) is 1. The number of nitrogens with zero attached hydrogens (tertiary/aromatic N) is 1.